The smallest absolute Gasteiger partial charge is 0.0357 e. The third kappa shape index (κ3) is 13.5. The maximum Gasteiger partial charge on any atom is 0.0357 e. The molecule has 0 fully saturated rings. The second kappa shape index (κ2) is 16.9. The molecule has 1 heterocycles. The normalized spacial score (nSPS) is 14.1. The SMILES string of the molecule is CCCCCCCCC=CCCCCCCCCN1C=CC=CC1. The Morgan fingerprint density at radius 1 is 0.708 bits per heavy atom. The van der Waals surface area contributed by atoms with Crippen LogP contribution in [-0.4, -0.2) is 18.0 Å². The first kappa shape index (κ1) is 21.1. The second-order valence-electron chi connectivity index (χ2n) is 7.20. The molecule has 0 unspecified atom stereocenters. The summed E-state index contributed by atoms with van der Waals surface area (Å²) in [5.41, 5.74) is 0. The van der Waals surface area contributed by atoms with E-state index in [0.717, 1.165) is 6.54 Å². The average Bonchev–Trinajstić information content (AvgIpc) is 2.62. The molecule has 0 radical (unpaired) electrons. The Hall–Kier alpha value is -0.980. The largest absolute Gasteiger partial charge is 0.374 e. The van der Waals surface area contributed by atoms with Crippen LogP contribution in [0.25, 0.3) is 0 Å². The zero-order valence-electron chi connectivity index (χ0n) is 16.2. The minimum atomic E-state index is 1.10. The maximum absolute atomic E-state index is 2.42. The molecule has 0 spiro atoms. The molecule has 1 heteroatoms. The lowest BCUT2D eigenvalue weighted by atomic mass is 10.1. The molecule has 0 atom stereocenters. The lowest BCUT2D eigenvalue weighted by molar-refractivity contribution is 0.392. The minimum absolute atomic E-state index is 1.10. The number of hydrogen-bond donors (Lipinski definition) is 0. The highest BCUT2D eigenvalue weighted by Gasteiger charge is 1.98. The topological polar surface area (TPSA) is 3.24 Å². The van der Waals surface area contributed by atoms with E-state index in [1.54, 1.807) is 0 Å². The van der Waals surface area contributed by atoms with Crippen molar-refractivity contribution in [3.63, 3.8) is 0 Å². The lowest BCUT2D eigenvalue weighted by Gasteiger charge is -2.20. The van der Waals surface area contributed by atoms with Gasteiger partial charge in [0.2, 0.25) is 0 Å². The second-order valence-corrected chi connectivity index (χ2v) is 7.20. The fourth-order valence-corrected chi connectivity index (χ4v) is 3.24. The molecule has 1 nitrogen and oxygen atoms in total. The number of allylic oxidation sites excluding steroid dienone is 4. The van der Waals surface area contributed by atoms with Crippen LogP contribution in [0, 0.1) is 0 Å². The Bertz CT molecular complexity index is 340. The van der Waals surface area contributed by atoms with Crippen molar-refractivity contribution in [2.45, 2.75) is 96.8 Å². The number of nitrogens with zero attached hydrogens (tertiary/aromatic N) is 1. The van der Waals surface area contributed by atoms with Crippen molar-refractivity contribution in [1.82, 2.24) is 4.90 Å². The highest BCUT2D eigenvalue weighted by molar-refractivity contribution is 5.08. The van der Waals surface area contributed by atoms with E-state index in [2.05, 4.69) is 48.4 Å². The maximum atomic E-state index is 2.42. The van der Waals surface area contributed by atoms with Crippen molar-refractivity contribution in [2.24, 2.45) is 0 Å². The van der Waals surface area contributed by atoms with Crippen LogP contribution in [0.5, 0.6) is 0 Å². The summed E-state index contributed by atoms with van der Waals surface area (Å²) in [6.07, 6.45) is 33.0. The van der Waals surface area contributed by atoms with Gasteiger partial charge in [-0.1, -0.05) is 89.0 Å². The molecule has 0 aromatic heterocycles. The predicted octanol–water partition coefficient (Wildman–Crippen LogP) is 7.41. The van der Waals surface area contributed by atoms with Crippen molar-refractivity contribution in [3.8, 4) is 0 Å². The van der Waals surface area contributed by atoms with Crippen LogP contribution in [-0.2, 0) is 0 Å². The summed E-state index contributed by atoms with van der Waals surface area (Å²) in [5, 5.41) is 0. The minimum Gasteiger partial charge on any atom is -0.374 e. The van der Waals surface area contributed by atoms with E-state index in [9.17, 15) is 0 Å². The first-order valence-corrected chi connectivity index (χ1v) is 10.7. The molecule has 1 rings (SSSR count). The van der Waals surface area contributed by atoms with Gasteiger partial charge in [-0.3, -0.25) is 0 Å². The van der Waals surface area contributed by atoms with E-state index in [1.165, 1.54) is 96.4 Å². The van der Waals surface area contributed by atoms with Crippen LogP contribution in [0.15, 0.2) is 36.6 Å². The van der Waals surface area contributed by atoms with Gasteiger partial charge < -0.3 is 4.90 Å². The third-order valence-corrected chi connectivity index (χ3v) is 4.84. The Labute approximate surface area is 151 Å². The molecule has 0 N–H and O–H groups in total. The summed E-state index contributed by atoms with van der Waals surface area (Å²) >= 11 is 0. The third-order valence-electron chi connectivity index (χ3n) is 4.84. The fourth-order valence-electron chi connectivity index (χ4n) is 3.24. The summed E-state index contributed by atoms with van der Waals surface area (Å²) in [4.78, 5) is 2.41. The summed E-state index contributed by atoms with van der Waals surface area (Å²) < 4.78 is 0. The highest BCUT2D eigenvalue weighted by Crippen LogP contribution is 2.10. The zero-order valence-corrected chi connectivity index (χ0v) is 16.2. The molecule has 0 aromatic rings. The molecule has 0 saturated carbocycles. The van der Waals surface area contributed by atoms with Gasteiger partial charge >= 0.3 is 0 Å². The van der Waals surface area contributed by atoms with Crippen LogP contribution in [0.1, 0.15) is 96.8 Å². The Kier molecular flexibility index (Phi) is 14.8. The Balaban J connectivity index is 1.73. The van der Waals surface area contributed by atoms with Crippen molar-refractivity contribution >= 4 is 0 Å². The molecule has 0 aliphatic carbocycles. The average molecular weight is 332 g/mol. The van der Waals surface area contributed by atoms with Crippen LogP contribution in [0.3, 0.4) is 0 Å². The van der Waals surface area contributed by atoms with Gasteiger partial charge in [0.15, 0.2) is 0 Å². The molecule has 138 valence electrons. The molecule has 0 amide bonds. The predicted molar refractivity (Wildman–Crippen MR) is 109 cm³/mol. The van der Waals surface area contributed by atoms with E-state index in [1.807, 2.05) is 0 Å². The molecule has 0 saturated heterocycles. The van der Waals surface area contributed by atoms with Gasteiger partial charge in [0.05, 0.1) is 0 Å². The zero-order chi connectivity index (χ0) is 17.1. The first-order valence-electron chi connectivity index (χ1n) is 10.7. The van der Waals surface area contributed by atoms with Crippen LogP contribution < -0.4 is 0 Å². The van der Waals surface area contributed by atoms with E-state index in [4.69, 9.17) is 0 Å². The summed E-state index contributed by atoms with van der Waals surface area (Å²) in [5.74, 6) is 0. The molecule has 0 bridgehead atoms. The van der Waals surface area contributed by atoms with Gasteiger partial charge in [0, 0.05) is 13.1 Å². The van der Waals surface area contributed by atoms with Crippen LogP contribution >= 0.6 is 0 Å². The molecule has 24 heavy (non-hydrogen) atoms. The van der Waals surface area contributed by atoms with E-state index < -0.39 is 0 Å². The van der Waals surface area contributed by atoms with Gasteiger partial charge in [0.25, 0.3) is 0 Å². The van der Waals surface area contributed by atoms with Crippen molar-refractivity contribution in [2.75, 3.05) is 13.1 Å². The van der Waals surface area contributed by atoms with Gasteiger partial charge in [-0.25, -0.2) is 0 Å². The quantitative estimate of drug-likeness (QED) is 0.210. The summed E-state index contributed by atoms with van der Waals surface area (Å²) in [6.45, 7) is 4.61. The highest BCUT2D eigenvalue weighted by atomic mass is 15.1. The van der Waals surface area contributed by atoms with Gasteiger partial charge in [-0.15, -0.1) is 0 Å². The molecular formula is C23H41N. The summed E-state index contributed by atoms with van der Waals surface area (Å²) in [7, 11) is 0. The fraction of sp³-hybridized carbons (Fsp3) is 0.739. The standard InChI is InChI=1S/C23H41N/c1-2-3-4-5-6-7-8-9-10-11-12-13-14-15-16-18-21-24-22-19-17-20-23-24/h9-10,17,19-20,22H,2-8,11-16,18,21,23H2,1H3. The molecule has 1 aliphatic rings. The Morgan fingerprint density at radius 3 is 1.88 bits per heavy atom. The molecule has 1 aliphatic heterocycles. The van der Waals surface area contributed by atoms with E-state index >= 15 is 0 Å². The van der Waals surface area contributed by atoms with Gasteiger partial charge in [-0.05, 0) is 44.4 Å². The summed E-state index contributed by atoms with van der Waals surface area (Å²) in [6, 6.07) is 0. The van der Waals surface area contributed by atoms with Crippen LogP contribution in [0.2, 0.25) is 0 Å². The van der Waals surface area contributed by atoms with Crippen molar-refractivity contribution in [3.05, 3.63) is 36.6 Å². The van der Waals surface area contributed by atoms with Gasteiger partial charge in [-0.2, -0.15) is 0 Å². The van der Waals surface area contributed by atoms with Crippen molar-refractivity contribution in [1.29, 1.82) is 0 Å². The number of unbranched alkanes of at least 4 members (excludes halogenated alkanes) is 12. The van der Waals surface area contributed by atoms with E-state index in [-0.39, 0.29) is 0 Å². The first-order chi connectivity index (χ1) is 11.9. The molecule has 0 aromatic carbocycles. The van der Waals surface area contributed by atoms with Crippen molar-refractivity contribution < 1.29 is 0 Å². The molecular weight excluding hydrogens is 290 g/mol. The monoisotopic (exact) mass is 331 g/mol. The van der Waals surface area contributed by atoms with Crippen LogP contribution in [0.4, 0.5) is 0 Å². The number of rotatable bonds is 16. The van der Waals surface area contributed by atoms with E-state index in [0.29, 0.717) is 0 Å². The lowest BCUT2D eigenvalue weighted by Crippen LogP contribution is -2.19. The van der Waals surface area contributed by atoms with Gasteiger partial charge in [0.1, 0.15) is 0 Å². The number of hydrogen-bond acceptors (Lipinski definition) is 1. The Morgan fingerprint density at radius 2 is 1.29 bits per heavy atom.